The highest BCUT2D eigenvalue weighted by molar-refractivity contribution is 7.14. The molecule has 0 saturated heterocycles. The van der Waals surface area contributed by atoms with Crippen molar-refractivity contribution in [2.45, 2.75) is 70.9 Å². The van der Waals surface area contributed by atoms with E-state index in [1.54, 1.807) is 0 Å². The highest BCUT2D eigenvalue weighted by Gasteiger charge is 2.45. The number of ether oxygens (including phenoxy) is 1. The van der Waals surface area contributed by atoms with Crippen molar-refractivity contribution in [2.75, 3.05) is 7.11 Å². The summed E-state index contributed by atoms with van der Waals surface area (Å²) in [5.74, 6) is 0.149. The SMILES string of the molecule is COc1ccc(-c2nnc(CO[Si](C(C)C)(C(C)C)C(C)C)s2)c(C(F)(F)F)c1. The summed E-state index contributed by atoms with van der Waals surface area (Å²) < 4.78 is 52.0. The quantitative estimate of drug-likeness (QED) is 0.413. The van der Waals surface area contributed by atoms with E-state index in [0.29, 0.717) is 21.6 Å². The first-order valence-electron chi connectivity index (χ1n) is 9.65. The zero-order valence-corrected chi connectivity index (χ0v) is 19.7. The van der Waals surface area contributed by atoms with E-state index in [1.165, 1.54) is 19.2 Å². The molecule has 1 heterocycles. The first-order valence-corrected chi connectivity index (χ1v) is 12.6. The number of alkyl halides is 3. The zero-order valence-electron chi connectivity index (χ0n) is 17.9. The zero-order chi connectivity index (χ0) is 22.0. The average molecular weight is 447 g/mol. The summed E-state index contributed by atoms with van der Waals surface area (Å²) in [5.41, 5.74) is 0.452. The lowest BCUT2D eigenvalue weighted by molar-refractivity contribution is -0.137. The fourth-order valence-electron chi connectivity index (χ4n) is 4.18. The summed E-state index contributed by atoms with van der Waals surface area (Å²) in [7, 11) is -0.754. The Morgan fingerprint density at radius 2 is 1.59 bits per heavy atom. The van der Waals surface area contributed by atoms with Crippen LogP contribution in [0.4, 0.5) is 13.2 Å². The first kappa shape index (κ1) is 23.8. The molecule has 9 heteroatoms. The van der Waals surface area contributed by atoms with E-state index in [4.69, 9.17) is 9.16 Å². The molecule has 2 aromatic rings. The molecule has 0 fully saturated rings. The van der Waals surface area contributed by atoms with E-state index < -0.39 is 20.1 Å². The van der Waals surface area contributed by atoms with Crippen LogP contribution in [0.2, 0.25) is 16.6 Å². The highest BCUT2D eigenvalue weighted by atomic mass is 32.1. The van der Waals surface area contributed by atoms with Gasteiger partial charge in [-0.05, 0) is 34.8 Å². The van der Waals surface area contributed by atoms with Gasteiger partial charge in [-0.2, -0.15) is 13.2 Å². The molecule has 0 radical (unpaired) electrons. The summed E-state index contributed by atoms with van der Waals surface area (Å²) in [4.78, 5) is 0. The number of halogens is 3. The Balaban J connectivity index is 2.33. The maximum absolute atomic E-state index is 13.5. The van der Waals surface area contributed by atoms with Gasteiger partial charge in [0.15, 0.2) is 0 Å². The molecule has 29 heavy (non-hydrogen) atoms. The van der Waals surface area contributed by atoms with Crippen LogP contribution >= 0.6 is 11.3 Å². The van der Waals surface area contributed by atoms with Crippen LogP contribution < -0.4 is 4.74 Å². The molecule has 0 aliphatic carbocycles. The third-order valence-electron chi connectivity index (χ3n) is 5.38. The monoisotopic (exact) mass is 446 g/mol. The van der Waals surface area contributed by atoms with Gasteiger partial charge >= 0.3 is 6.18 Å². The molecule has 0 aliphatic heterocycles. The molecule has 162 valence electrons. The third-order valence-corrected chi connectivity index (χ3v) is 12.4. The molecule has 0 N–H and O–H groups in total. The second-order valence-electron chi connectivity index (χ2n) is 8.02. The fraction of sp³-hybridized carbons (Fsp3) is 0.600. The van der Waals surface area contributed by atoms with Crippen molar-refractivity contribution in [3.05, 3.63) is 28.8 Å². The van der Waals surface area contributed by atoms with E-state index in [2.05, 4.69) is 51.7 Å². The van der Waals surface area contributed by atoms with Crippen molar-refractivity contribution in [1.82, 2.24) is 10.2 Å². The van der Waals surface area contributed by atoms with Crippen LogP contribution in [0, 0.1) is 0 Å². The largest absolute Gasteiger partial charge is 0.497 e. The maximum atomic E-state index is 13.5. The Morgan fingerprint density at radius 1 is 1.00 bits per heavy atom. The lowest BCUT2D eigenvalue weighted by atomic mass is 10.1. The first-order chi connectivity index (χ1) is 13.4. The van der Waals surface area contributed by atoms with Gasteiger partial charge in [-0.1, -0.05) is 52.9 Å². The number of hydrogen-bond donors (Lipinski definition) is 0. The molecular formula is C20H29F3N2O2SSi. The molecule has 0 saturated carbocycles. The van der Waals surface area contributed by atoms with Gasteiger partial charge in [0, 0.05) is 5.56 Å². The molecule has 2 rings (SSSR count). The van der Waals surface area contributed by atoms with Gasteiger partial charge in [0.1, 0.15) is 15.8 Å². The number of nitrogens with zero attached hydrogens (tertiary/aromatic N) is 2. The van der Waals surface area contributed by atoms with Crippen LogP contribution in [0.3, 0.4) is 0 Å². The minimum Gasteiger partial charge on any atom is -0.497 e. The molecule has 1 aromatic heterocycles. The summed E-state index contributed by atoms with van der Waals surface area (Å²) in [5, 5.41) is 8.93. The van der Waals surface area contributed by atoms with Gasteiger partial charge in [0.2, 0.25) is 8.32 Å². The van der Waals surface area contributed by atoms with Crippen molar-refractivity contribution < 1.29 is 22.3 Å². The molecule has 0 spiro atoms. The van der Waals surface area contributed by atoms with Gasteiger partial charge in [0.25, 0.3) is 0 Å². The second kappa shape index (κ2) is 9.14. The Morgan fingerprint density at radius 3 is 2.07 bits per heavy atom. The van der Waals surface area contributed by atoms with Crippen LogP contribution in [0.5, 0.6) is 5.75 Å². The van der Waals surface area contributed by atoms with Gasteiger partial charge < -0.3 is 9.16 Å². The Kier molecular flexibility index (Phi) is 7.51. The number of methoxy groups -OCH3 is 1. The third kappa shape index (κ3) is 5.00. The predicted molar refractivity (Wildman–Crippen MR) is 113 cm³/mol. The number of rotatable bonds is 8. The van der Waals surface area contributed by atoms with E-state index >= 15 is 0 Å². The van der Waals surface area contributed by atoms with Crippen LogP contribution in [0.15, 0.2) is 18.2 Å². The Labute approximate surface area is 175 Å². The molecular weight excluding hydrogens is 417 g/mol. The van der Waals surface area contributed by atoms with Crippen molar-refractivity contribution in [1.29, 1.82) is 0 Å². The van der Waals surface area contributed by atoms with Crippen molar-refractivity contribution in [2.24, 2.45) is 0 Å². The molecule has 1 aromatic carbocycles. The van der Waals surface area contributed by atoms with Gasteiger partial charge in [0.05, 0.1) is 19.3 Å². The molecule has 0 aliphatic rings. The summed E-state index contributed by atoms with van der Waals surface area (Å²) in [6.07, 6.45) is -4.51. The number of hydrogen-bond acceptors (Lipinski definition) is 5. The van der Waals surface area contributed by atoms with Crippen LogP contribution in [-0.4, -0.2) is 25.6 Å². The van der Waals surface area contributed by atoms with Gasteiger partial charge in [-0.25, -0.2) is 0 Å². The smallest absolute Gasteiger partial charge is 0.417 e. The second-order valence-corrected chi connectivity index (χ2v) is 14.5. The van der Waals surface area contributed by atoms with Gasteiger partial charge in [-0.15, -0.1) is 10.2 Å². The topological polar surface area (TPSA) is 44.2 Å². The average Bonchev–Trinajstić information content (AvgIpc) is 3.09. The summed E-state index contributed by atoms with van der Waals surface area (Å²) in [6.45, 7) is 13.4. The van der Waals surface area contributed by atoms with Crippen molar-refractivity contribution >= 4 is 19.7 Å². The molecule has 0 amide bonds. The van der Waals surface area contributed by atoms with Crippen molar-refractivity contribution in [3.8, 4) is 16.3 Å². The van der Waals surface area contributed by atoms with Crippen LogP contribution in [0.1, 0.15) is 52.1 Å². The van der Waals surface area contributed by atoms with E-state index in [1.807, 2.05) is 0 Å². The highest BCUT2D eigenvalue weighted by Crippen LogP contribution is 2.43. The molecule has 0 unspecified atom stereocenters. The lowest BCUT2D eigenvalue weighted by Crippen LogP contribution is -2.47. The summed E-state index contributed by atoms with van der Waals surface area (Å²) in [6, 6.07) is 3.86. The Bertz CT molecular complexity index is 801. The fourth-order valence-corrected chi connectivity index (χ4v) is 10.5. The molecule has 0 atom stereocenters. The van der Waals surface area contributed by atoms with Crippen LogP contribution in [-0.2, 0) is 17.2 Å². The minimum atomic E-state index is -4.51. The minimum absolute atomic E-state index is 0.00198. The maximum Gasteiger partial charge on any atom is 0.417 e. The molecule has 4 nitrogen and oxygen atoms in total. The van der Waals surface area contributed by atoms with Crippen molar-refractivity contribution in [3.63, 3.8) is 0 Å². The lowest BCUT2D eigenvalue weighted by Gasteiger charge is -2.41. The number of benzene rings is 1. The standard InChI is InChI=1S/C20H29F3N2O2SSi/c1-12(2)29(13(3)4,14(5)6)27-11-18-24-25-19(28-18)16-9-8-15(26-7)10-17(16)20(21,22)23/h8-10,12-14H,11H2,1-7H3. The molecule has 0 bridgehead atoms. The predicted octanol–water partition coefficient (Wildman–Crippen LogP) is 6.92. The van der Waals surface area contributed by atoms with Crippen LogP contribution in [0.25, 0.3) is 10.6 Å². The van der Waals surface area contributed by atoms with E-state index in [-0.39, 0.29) is 22.9 Å². The van der Waals surface area contributed by atoms with Gasteiger partial charge in [-0.3, -0.25) is 0 Å². The normalized spacial score (nSPS) is 13.0. The summed E-state index contributed by atoms with van der Waals surface area (Å²) >= 11 is 1.14. The Hall–Kier alpha value is -1.45. The van der Waals surface area contributed by atoms with E-state index in [9.17, 15) is 13.2 Å². The van der Waals surface area contributed by atoms with E-state index in [0.717, 1.165) is 17.4 Å². The number of aromatic nitrogens is 2.